The highest BCUT2D eigenvalue weighted by atomic mass is 15.2. The van der Waals surface area contributed by atoms with Crippen LogP contribution in [-0.2, 0) is 0 Å². The fraction of sp³-hybridized carbons (Fsp3) is 0.400. The number of guanidine groups is 1. The van der Waals surface area contributed by atoms with Crippen molar-refractivity contribution in [2.45, 2.75) is 6.92 Å². The number of hydrogen-bond acceptors (Lipinski definition) is 4. The summed E-state index contributed by atoms with van der Waals surface area (Å²) in [7, 11) is 1.69. The number of aryl methyl sites for hydroxylation is 1. The average molecular weight is 233 g/mol. The Morgan fingerprint density at radius 2 is 2.53 bits per heavy atom. The smallest absolute Gasteiger partial charge is 0.209 e. The Kier molecular flexibility index (Phi) is 5.24. The minimum atomic E-state index is 0.445. The van der Waals surface area contributed by atoms with Crippen LogP contribution in [0.4, 0.5) is 0 Å². The lowest BCUT2D eigenvalue weighted by Crippen LogP contribution is -2.36. The fourth-order valence-electron chi connectivity index (χ4n) is 1.13. The molecule has 1 aromatic rings. The van der Waals surface area contributed by atoms with Crippen LogP contribution < -0.4 is 10.6 Å². The summed E-state index contributed by atoms with van der Waals surface area (Å²) in [5.41, 5.74) is 1.83. The number of nitrogens with zero attached hydrogens (tertiary/aromatic N) is 4. The molecule has 0 atom stereocenters. The van der Waals surface area contributed by atoms with Gasteiger partial charge in [0.1, 0.15) is 0 Å². The lowest BCUT2D eigenvalue weighted by molar-refractivity contribution is 0.848. The SMILES string of the molecule is CN/C(=N\C#N)NCC/N=C/c1[nH]cnc1C. The van der Waals surface area contributed by atoms with E-state index in [1.807, 2.05) is 6.92 Å². The summed E-state index contributed by atoms with van der Waals surface area (Å²) in [6.07, 6.45) is 5.07. The van der Waals surface area contributed by atoms with Gasteiger partial charge in [0.05, 0.1) is 24.3 Å². The van der Waals surface area contributed by atoms with Gasteiger partial charge in [0.2, 0.25) is 12.2 Å². The topological polar surface area (TPSA) is 101 Å². The Hall–Kier alpha value is -2.36. The summed E-state index contributed by atoms with van der Waals surface area (Å²) in [6, 6.07) is 0. The number of H-pyrrole nitrogens is 1. The molecule has 0 bridgehead atoms. The predicted octanol–water partition coefficient (Wildman–Crippen LogP) is -0.217. The molecule has 0 saturated carbocycles. The molecule has 17 heavy (non-hydrogen) atoms. The molecule has 0 spiro atoms. The molecule has 1 heterocycles. The van der Waals surface area contributed by atoms with Crippen molar-refractivity contribution < 1.29 is 0 Å². The first-order valence-corrected chi connectivity index (χ1v) is 5.16. The molecule has 3 N–H and O–H groups in total. The molecule has 0 aliphatic rings. The van der Waals surface area contributed by atoms with Crippen LogP contribution in [0.2, 0.25) is 0 Å². The summed E-state index contributed by atoms with van der Waals surface area (Å²) >= 11 is 0. The second-order valence-corrected chi connectivity index (χ2v) is 3.17. The van der Waals surface area contributed by atoms with E-state index in [-0.39, 0.29) is 0 Å². The minimum absolute atomic E-state index is 0.445. The maximum absolute atomic E-state index is 8.37. The highest BCUT2D eigenvalue weighted by Crippen LogP contribution is 1.95. The molecular formula is C10H15N7. The first-order valence-electron chi connectivity index (χ1n) is 5.16. The van der Waals surface area contributed by atoms with Crippen LogP contribution in [-0.4, -0.2) is 42.3 Å². The molecule has 7 nitrogen and oxygen atoms in total. The van der Waals surface area contributed by atoms with Crippen molar-refractivity contribution in [3.8, 4) is 6.19 Å². The highest BCUT2D eigenvalue weighted by Gasteiger charge is 1.95. The van der Waals surface area contributed by atoms with Gasteiger partial charge in [0, 0.05) is 19.8 Å². The van der Waals surface area contributed by atoms with E-state index in [1.165, 1.54) is 0 Å². The fourth-order valence-corrected chi connectivity index (χ4v) is 1.13. The lowest BCUT2D eigenvalue weighted by Gasteiger charge is -2.04. The van der Waals surface area contributed by atoms with Gasteiger partial charge >= 0.3 is 0 Å². The molecule has 0 aliphatic heterocycles. The molecule has 0 amide bonds. The van der Waals surface area contributed by atoms with Gasteiger partial charge in [-0.05, 0) is 6.92 Å². The van der Waals surface area contributed by atoms with Gasteiger partial charge in [-0.3, -0.25) is 4.99 Å². The normalized spacial score (nSPS) is 11.5. The molecule has 90 valence electrons. The second-order valence-electron chi connectivity index (χ2n) is 3.17. The van der Waals surface area contributed by atoms with E-state index in [0.717, 1.165) is 11.4 Å². The molecule has 0 saturated heterocycles. The number of aromatic amines is 1. The van der Waals surface area contributed by atoms with E-state index in [9.17, 15) is 0 Å². The Balaban J connectivity index is 2.30. The number of nitriles is 1. The first kappa shape index (κ1) is 12.7. The van der Waals surface area contributed by atoms with Crippen molar-refractivity contribution in [3.05, 3.63) is 17.7 Å². The van der Waals surface area contributed by atoms with E-state index in [2.05, 4.69) is 30.6 Å². The van der Waals surface area contributed by atoms with Crippen molar-refractivity contribution in [2.24, 2.45) is 9.98 Å². The zero-order valence-corrected chi connectivity index (χ0v) is 9.86. The second kappa shape index (κ2) is 7.00. The van der Waals surface area contributed by atoms with E-state index in [4.69, 9.17) is 5.26 Å². The molecule has 0 radical (unpaired) electrons. The van der Waals surface area contributed by atoms with Gasteiger partial charge in [-0.1, -0.05) is 0 Å². The van der Waals surface area contributed by atoms with Gasteiger partial charge in [0.15, 0.2) is 0 Å². The van der Waals surface area contributed by atoms with Gasteiger partial charge in [-0.25, -0.2) is 4.98 Å². The largest absolute Gasteiger partial charge is 0.359 e. The van der Waals surface area contributed by atoms with E-state index in [1.54, 1.807) is 25.8 Å². The molecule has 0 fully saturated rings. The van der Waals surface area contributed by atoms with E-state index >= 15 is 0 Å². The quantitative estimate of drug-likeness (QED) is 0.290. The van der Waals surface area contributed by atoms with Crippen molar-refractivity contribution in [2.75, 3.05) is 20.1 Å². The zero-order valence-electron chi connectivity index (χ0n) is 9.86. The Bertz CT molecular complexity index is 438. The van der Waals surface area contributed by atoms with Crippen LogP contribution in [0.3, 0.4) is 0 Å². The number of aromatic nitrogens is 2. The third-order valence-electron chi connectivity index (χ3n) is 2.02. The van der Waals surface area contributed by atoms with E-state index in [0.29, 0.717) is 19.0 Å². The van der Waals surface area contributed by atoms with Gasteiger partial charge in [-0.15, -0.1) is 4.99 Å². The van der Waals surface area contributed by atoms with Crippen LogP contribution in [0.1, 0.15) is 11.4 Å². The first-order chi connectivity index (χ1) is 8.27. The molecule has 0 aliphatic carbocycles. The maximum Gasteiger partial charge on any atom is 0.209 e. The molecular weight excluding hydrogens is 218 g/mol. The monoisotopic (exact) mass is 233 g/mol. The lowest BCUT2D eigenvalue weighted by atomic mass is 10.4. The zero-order chi connectivity index (χ0) is 12.5. The molecule has 1 rings (SSSR count). The molecule has 0 unspecified atom stereocenters. The van der Waals surface area contributed by atoms with Crippen molar-refractivity contribution in [3.63, 3.8) is 0 Å². The summed E-state index contributed by atoms with van der Waals surface area (Å²) in [5.74, 6) is 0.445. The van der Waals surface area contributed by atoms with Crippen LogP contribution in [0.15, 0.2) is 16.3 Å². The number of nitrogens with one attached hydrogen (secondary N) is 3. The van der Waals surface area contributed by atoms with Crippen molar-refractivity contribution >= 4 is 12.2 Å². The Labute approximate surface area is 99.7 Å². The minimum Gasteiger partial charge on any atom is -0.359 e. The van der Waals surface area contributed by atoms with Crippen LogP contribution in [0, 0.1) is 18.4 Å². The predicted molar refractivity (Wildman–Crippen MR) is 65.9 cm³/mol. The van der Waals surface area contributed by atoms with Gasteiger partial charge in [0.25, 0.3) is 0 Å². The number of rotatable bonds is 4. The molecule has 7 heteroatoms. The molecule has 1 aromatic heterocycles. The number of hydrogen-bond donors (Lipinski definition) is 3. The summed E-state index contributed by atoms with van der Waals surface area (Å²) in [5, 5.41) is 14.1. The van der Waals surface area contributed by atoms with Crippen molar-refractivity contribution in [1.82, 2.24) is 20.6 Å². The average Bonchev–Trinajstić information content (AvgIpc) is 2.73. The summed E-state index contributed by atoms with van der Waals surface area (Å²) in [6.45, 7) is 3.10. The number of imidazole rings is 1. The molecule has 0 aromatic carbocycles. The highest BCUT2D eigenvalue weighted by molar-refractivity contribution is 5.80. The third-order valence-corrected chi connectivity index (χ3v) is 2.02. The van der Waals surface area contributed by atoms with Crippen LogP contribution in [0.5, 0.6) is 0 Å². The maximum atomic E-state index is 8.37. The number of aliphatic imine (C=N–C) groups is 2. The summed E-state index contributed by atoms with van der Waals surface area (Å²) in [4.78, 5) is 14.8. The third kappa shape index (κ3) is 4.34. The Morgan fingerprint density at radius 1 is 1.71 bits per heavy atom. The van der Waals surface area contributed by atoms with Gasteiger partial charge < -0.3 is 15.6 Å². The summed E-state index contributed by atoms with van der Waals surface area (Å²) < 4.78 is 0. The van der Waals surface area contributed by atoms with Crippen molar-refractivity contribution in [1.29, 1.82) is 5.26 Å². The van der Waals surface area contributed by atoms with E-state index < -0.39 is 0 Å². The van der Waals surface area contributed by atoms with Crippen LogP contribution >= 0.6 is 0 Å². The van der Waals surface area contributed by atoms with Gasteiger partial charge in [-0.2, -0.15) is 5.26 Å². The Morgan fingerprint density at radius 3 is 3.12 bits per heavy atom. The standard InChI is InChI=1S/C10H15N7/c1-8-9(17-7-16-8)5-13-3-4-14-10(12-2)15-6-11/h5,7H,3-4H2,1-2H3,(H,16,17)(H2,12,14,15)/b13-5+. The van der Waals surface area contributed by atoms with Crippen LogP contribution in [0.25, 0.3) is 0 Å².